The summed E-state index contributed by atoms with van der Waals surface area (Å²) in [5, 5.41) is 17.6. The maximum Gasteiger partial charge on any atom is 0.0639 e. The summed E-state index contributed by atoms with van der Waals surface area (Å²) in [6.07, 6.45) is 9.96. The zero-order valence-electron chi connectivity index (χ0n) is 17.4. The number of rotatable bonds is 9. The van der Waals surface area contributed by atoms with Gasteiger partial charge in [-0.2, -0.15) is 0 Å². The standard InChI is InChI=1S/C11H22O.C11H20O/c2*1-9(2)5-6-10(3)7-11(4)8-12/h5,10-12H,6-8H2,1-4H3;5,7,10,12H,6,8H2,1-4H3/b;11-7-. The summed E-state index contributed by atoms with van der Waals surface area (Å²) in [4.78, 5) is 0. The van der Waals surface area contributed by atoms with Crippen LogP contribution in [0.4, 0.5) is 0 Å². The fraction of sp³-hybridized carbons (Fsp3) is 0.727. The van der Waals surface area contributed by atoms with Gasteiger partial charge in [0.2, 0.25) is 0 Å². The molecule has 24 heavy (non-hydrogen) atoms. The maximum absolute atomic E-state index is 8.85. The monoisotopic (exact) mass is 338 g/mol. The van der Waals surface area contributed by atoms with E-state index in [9.17, 15) is 0 Å². The lowest BCUT2D eigenvalue weighted by atomic mass is 9.95. The summed E-state index contributed by atoms with van der Waals surface area (Å²) in [7, 11) is 0. The van der Waals surface area contributed by atoms with E-state index in [1.807, 2.05) is 6.92 Å². The quantitative estimate of drug-likeness (QED) is 0.513. The average Bonchev–Trinajstić information content (AvgIpc) is 2.51. The van der Waals surface area contributed by atoms with E-state index < -0.39 is 0 Å². The van der Waals surface area contributed by atoms with Crippen LogP contribution in [0.15, 0.2) is 34.9 Å². The van der Waals surface area contributed by atoms with Gasteiger partial charge in [0.1, 0.15) is 0 Å². The van der Waals surface area contributed by atoms with Crippen molar-refractivity contribution in [3.63, 3.8) is 0 Å². The number of aliphatic hydroxyl groups excluding tert-OH is 2. The molecule has 3 atom stereocenters. The second kappa shape index (κ2) is 15.7. The van der Waals surface area contributed by atoms with Crippen LogP contribution in [0, 0.1) is 17.8 Å². The summed E-state index contributed by atoms with van der Waals surface area (Å²) >= 11 is 0. The molecule has 2 nitrogen and oxygen atoms in total. The molecule has 0 bridgehead atoms. The molecule has 2 heteroatoms. The largest absolute Gasteiger partial charge is 0.396 e. The lowest BCUT2D eigenvalue weighted by molar-refractivity contribution is 0.215. The van der Waals surface area contributed by atoms with Gasteiger partial charge >= 0.3 is 0 Å². The van der Waals surface area contributed by atoms with Crippen molar-refractivity contribution in [2.24, 2.45) is 17.8 Å². The molecule has 142 valence electrons. The second-order valence-corrected chi connectivity index (χ2v) is 7.81. The molecule has 0 spiro atoms. The molecule has 0 aromatic rings. The Kier molecular flexibility index (Phi) is 16.6. The van der Waals surface area contributed by atoms with E-state index in [-0.39, 0.29) is 6.61 Å². The van der Waals surface area contributed by atoms with Crippen LogP contribution in [-0.4, -0.2) is 23.4 Å². The molecule has 0 aromatic heterocycles. The molecule has 0 aliphatic rings. The Morgan fingerprint density at radius 2 is 1.29 bits per heavy atom. The summed E-state index contributed by atoms with van der Waals surface area (Å²) in [6.45, 7) is 17.4. The van der Waals surface area contributed by atoms with Crippen LogP contribution in [0.3, 0.4) is 0 Å². The molecule has 0 rings (SSSR count). The van der Waals surface area contributed by atoms with Gasteiger partial charge < -0.3 is 10.2 Å². The first kappa shape index (κ1) is 25.4. The van der Waals surface area contributed by atoms with E-state index in [2.05, 4.69) is 66.7 Å². The van der Waals surface area contributed by atoms with Gasteiger partial charge in [-0.05, 0) is 71.6 Å². The van der Waals surface area contributed by atoms with Crippen LogP contribution >= 0.6 is 0 Å². The Morgan fingerprint density at radius 3 is 1.71 bits per heavy atom. The SMILES string of the molecule is CC(C)=CCC(C)/C=C(/C)CO.CC(C)=CCC(C)CC(C)CO. The number of allylic oxidation sites excluding steroid dienone is 5. The fourth-order valence-corrected chi connectivity index (χ4v) is 2.32. The lowest BCUT2D eigenvalue weighted by Crippen LogP contribution is -2.06. The smallest absolute Gasteiger partial charge is 0.0639 e. The van der Waals surface area contributed by atoms with Gasteiger partial charge in [-0.25, -0.2) is 0 Å². The highest BCUT2D eigenvalue weighted by Crippen LogP contribution is 2.15. The Hall–Kier alpha value is -0.860. The van der Waals surface area contributed by atoms with Gasteiger partial charge in [-0.1, -0.05) is 55.7 Å². The summed E-state index contributed by atoms with van der Waals surface area (Å²) in [5.74, 6) is 1.68. The molecular weight excluding hydrogens is 296 g/mol. The molecule has 0 aromatic carbocycles. The van der Waals surface area contributed by atoms with Crippen LogP contribution in [0.2, 0.25) is 0 Å². The fourth-order valence-electron chi connectivity index (χ4n) is 2.32. The summed E-state index contributed by atoms with van der Waals surface area (Å²) < 4.78 is 0. The molecule has 0 amide bonds. The number of hydrogen-bond donors (Lipinski definition) is 2. The van der Waals surface area contributed by atoms with Crippen LogP contribution < -0.4 is 0 Å². The van der Waals surface area contributed by atoms with E-state index in [1.165, 1.54) is 11.1 Å². The molecule has 2 N–H and O–H groups in total. The van der Waals surface area contributed by atoms with Gasteiger partial charge in [0.05, 0.1) is 6.61 Å². The molecule has 0 radical (unpaired) electrons. The first-order chi connectivity index (χ1) is 11.1. The molecule has 0 saturated carbocycles. The van der Waals surface area contributed by atoms with Crippen molar-refractivity contribution in [2.75, 3.05) is 13.2 Å². The second-order valence-electron chi connectivity index (χ2n) is 7.81. The highest BCUT2D eigenvalue weighted by molar-refractivity contribution is 5.03. The predicted octanol–water partition coefficient (Wildman–Crippen LogP) is 5.91. The van der Waals surface area contributed by atoms with Crippen molar-refractivity contribution in [2.45, 2.75) is 74.7 Å². The van der Waals surface area contributed by atoms with Crippen molar-refractivity contribution in [3.8, 4) is 0 Å². The summed E-state index contributed by atoms with van der Waals surface area (Å²) in [6, 6.07) is 0. The van der Waals surface area contributed by atoms with Gasteiger partial charge in [-0.3, -0.25) is 0 Å². The molecular formula is C22H42O2. The zero-order chi connectivity index (χ0) is 19.1. The van der Waals surface area contributed by atoms with E-state index in [4.69, 9.17) is 10.2 Å². The van der Waals surface area contributed by atoms with Crippen LogP contribution in [0.5, 0.6) is 0 Å². The molecule has 3 unspecified atom stereocenters. The van der Waals surface area contributed by atoms with Gasteiger partial charge in [0.15, 0.2) is 0 Å². The number of hydrogen-bond acceptors (Lipinski definition) is 2. The van der Waals surface area contributed by atoms with E-state index >= 15 is 0 Å². The van der Waals surface area contributed by atoms with E-state index in [0.717, 1.165) is 24.8 Å². The molecule has 0 aliphatic carbocycles. The highest BCUT2D eigenvalue weighted by atomic mass is 16.3. The average molecular weight is 339 g/mol. The molecule has 0 heterocycles. The summed E-state index contributed by atoms with van der Waals surface area (Å²) in [5.41, 5.74) is 3.81. The Bertz CT molecular complexity index is 383. The topological polar surface area (TPSA) is 40.5 Å². The molecule has 0 fully saturated rings. The van der Waals surface area contributed by atoms with Gasteiger partial charge in [0, 0.05) is 6.61 Å². The van der Waals surface area contributed by atoms with Gasteiger partial charge in [0.25, 0.3) is 0 Å². The third kappa shape index (κ3) is 19.2. The Balaban J connectivity index is 0. The van der Waals surface area contributed by atoms with Crippen LogP contribution in [0.1, 0.15) is 74.7 Å². The third-order valence-electron chi connectivity index (χ3n) is 3.76. The normalized spacial score (nSPS) is 14.8. The molecule has 0 aliphatic heterocycles. The van der Waals surface area contributed by atoms with Gasteiger partial charge in [-0.15, -0.1) is 0 Å². The Morgan fingerprint density at radius 1 is 0.792 bits per heavy atom. The number of aliphatic hydroxyl groups is 2. The van der Waals surface area contributed by atoms with E-state index in [0.29, 0.717) is 24.4 Å². The maximum atomic E-state index is 8.85. The lowest BCUT2D eigenvalue weighted by Gasteiger charge is -2.13. The predicted molar refractivity (Wildman–Crippen MR) is 108 cm³/mol. The minimum absolute atomic E-state index is 0.180. The van der Waals surface area contributed by atoms with Crippen molar-refractivity contribution in [1.82, 2.24) is 0 Å². The van der Waals surface area contributed by atoms with E-state index in [1.54, 1.807) is 0 Å². The third-order valence-corrected chi connectivity index (χ3v) is 3.76. The first-order valence-corrected chi connectivity index (χ1v) is 9.28. The minimum atomic E-state index is 0.180. The Labute approximate surface area is 151 Å². The van der Waals surface area contributed by atoms with Crippen molar-refractivity contribution in [3.05, 3.63) is 34.9 Å². The van der Waals surface area contributed by atoms with Crippen LogP contribution in [0.25, 0.3) is 0 Å². The highest BCUT2D eigenvalue weighted by Gasteiger charge is 2.05. The van der Waals surface area contributed by atoms with Crippen molar-refractivity contribution in [1.29, 1.82) is 0 Å². The zero-order valence-corrected chi connectivity index (χ0v) is 17.4. The van der Waals surface area contributed by atoms with Crippen molar-refractivity contribution >= 4 is 0 Å². The van der Waals surface area contributed by atoms with Crippen LogP contribution in [-0.2, 0) is 0 Å². The van der Waals surface area contributed by atoms with Crippen molar-refractivity contribution < 1.29 is 10.2 Å². The molecule has 0 saturated heterocycles. The minimum Gasteiger partial charge on any atom is -0.396 e. The first-order valence-electron chi connectivity index (χ1n) is 9.28.